The third-order valence-corrected chi connectivity index (χ3v) is 2.92. The molecule has 3 nitrogen and oxygen atoms in total. The lowest BCUT2D eigenvalue weighted by atomic mass is 10.2. The Balaban J connectivity index is 2.00. The molecule has 2 heterocycles. The zero-order chi connectivity index (χ0) is 9.97. The molecule has 1 aromatic rings. The fourth-order valence-corrected chi connectivity index (χ4v) is 1.95. The first-order valence-electron chi connectivity index (χ1n) is 4.96. The van der Waals surface area contributed by atoms with Crippen molar-refractivity contribution < 1.29 is 0 Å². The third kappa shape index (κ3) is 2.22. The summed E-state index contributed by atoms with van der Waals surface area (Å²) in [5.74, 6) is 0. The Bertz CT molecular complexity index is 299. The summed E-state index contributed by atoms with van der Waals surface area (Å²) >= 11 is 5.67. The summed E-state index contributed by atoms with van der Waals surface area (Å²) in [6, 6.07) is 0.674. The minimum atomic E-state index is 0.461. The molecule has 0 N–H and O–H groups in total. The van der Waals surface area contributed by atoms with E-state index in [0.29, 0.717) is 11.2 Å². The molecule has 0 saturated carbocycles. The van der Waals surface area contributed by atoms with Crippen molar-refractivity contribution in [3.8, 4) is 0 Å². The van der Waals surface area contributed by atoms with Crippen LogP contribution in [0.1, 0.15) is 25.5 Å². The maximum atomic E-state index is 5.67. The number of aromatic nitrogens is 2. The monoisotopic (exact) mass is 211 g/mol. The molecule has 1 aliphatic heterocycles. The van der Waals surface area contributed by atoms with E-state index in [1.807, 2.05) is 0 Å². The Labute approximate surface area is 89.1 Å². The van der Waals surface area contributed by atoms with Gasteiger partial charge in [0.2, 0.25) is 0 Å². The van der Waals surface area contributed by atoms with Crippen LogP contribution in [0.3, 0.4) is 0 Å². The molecule has 2 rings (SSSR count). The number of rotatable bonds is 2. The van der Waals surface area contributed by atoms with Gasteiger partial charge in [-0.15, -0.1) is 0 Å². The molecule has 0 aliphatic carbocycles. The largest absolute Gasteiger partial charge is 0.295 e. The average molecular weight is 212 g/mol. The molecule has 1 unspecified atom stereocenters. The van der Waals surface area contributed by atoms with Crippen LogP contribution in [0, 0.1) is 0 Å². The molecule has 1 aliphatic rings. The Morgan fingerprint density at radius 1 is 1.50 bits per heavy atom. The SMILES string of the molecule is CC1CCCN1Cc1cnc(Cl)cn1. The first-order chi connectivity index (χ1) is 6.75. The van der Waals surface area contributed by atoms with Crippen molar-refractivity contribution in [1.29, 1.82) is 0 Å². The Hall–Kier alpha value is -0.670. The highest BCUT2D eigenvalue weighted by atomic mass is 35.5. The highest BCUT2D eigenvalue weighted by molar-refractivity contribution is 6.29. The Kier molecular flexibility index (Phi) is 2.99. The maximum Gasteiger partial charge on any atom is 0.147 e. The topological polar surface area (TPSA) is 29.0 Å². The van der Waals surface area contributed by atoms with Crippen LogP contribution in [-0.2, 0) is 6.54 Å². The molecule has 0 amide bonds. The van der Waals surface area contributed by atoms with Gasteiger partial charge in [0.15, 0.2) is 0 Å². The summed E-state index contributed by atoms with van der Waals surface area (Å²) in [4.78, 5) is 10.7. The average Bonchev–Trinajstić information content (AvgIpc) is 2.56. The molecular formula is C10H14ClN3. The lowest BCUT2D eigenvalue weighted by Gasteiger charge is -2.19. The lowest BCUT2D eigenvalue weighted by molar-refractivity contribution is 0.257. The number of halogens is 1. The van der Waals surface area contributed by atoms with Gasteiger partial charge in [-0.3, -0.25) is 9.88 Å². The van der Waals surface area contributed by atoms with Gasteiger partial charge < -0.3 is 0 Å². The van der Waals surface area contributed by atoms with Crippen molar-refractivity contribution >= 4 is 11.6 Å². The highest BCUT2D eigenvalue weighted by Gasteiger charge is 2.20. The zero-order valence-electron chi connectivity index (χ0n) is 8.28. The summed E-state index contributed by atoms with van der Waals surface area (Å²) < 4.78 is 0. The molecule has 0 radical (unpaired) electrons. The molecule has 4 heteroatoms. The van der Waals surface area contributed by atoms with Crippen molar-refractivity contribution in [1.82, 2.24) is 14.9 Å². The van der Waals surface area contributed by atoms with Crippen LogP contribution in [0.5, 0.6) is 0 Å². The van der Waals surface area contributed by atoms with E-state index in [2.05, 4.69) is 21.8 Å². The van der Waals surface area contributed by atoms with Gasteiger partial charge in [0.1, 0.15) is 5.15 Å². The lowest BCUT2D eigenvalue weighted by Crippen LogP contribution is -2.26. The molecular weight excluding hydrogens is 198 g/mol. The molecule has 76 valence electrons. The number of hydrogen-bond acceptors (Lipinski definition) is 3. The number of likely N-dealkylation sites (tertiary alicyclic amines) is 1. The quantitative estimate of drug-likeness (QED) is 0.751. The van der Waals surface area contributed by atoms with Crippen molar-refractivity contribution in [2.24, 2.45) is 0 Å². The number of hydrogen-bond donors (Lipinski definition) is 0. The van der Waals surface area contributed by atoms with Gasteiger partial charge >= 0.3 is 0 Å². The van der Waals surface area contributed by atoms with E-state index in [4.69, 9.17) is 11.6 Å². The summed E-state index contributed by atoms with van der Waals surface area (Å²) in [5, 5.41) is 0.461. The number of nitrogens with zero attached hydrogens (tertiary/aromatic N) is 3. The van der Waals surface area contributed by atoms with Crippen molar-refractivity contribution in [3.05, 3.63) is 23.2 Å². The van der Waals surface area contributed by atoms with Gasteiger partial charge in [-0.25, -0.2) is 4.98 Å². The fourth-order valence-electron chi connectivity index (χ4n) is 1.86. The fraction of sp³-hybridized carbons (Fsp3) is 0.600. The van der Waals surface area contributed by atoms with Crippen molar-refractivity contribution in [2.75, 3.05) is 6.54 Å². The summed E-state index contributed by atoms with van der Waals surface area (Å²) in [6.07, 6.45) is 5.95. The second-order valence-corrected chi connectivity index (χ2v) is 4.18. The second kappa shape index (κ2) is 4.24. The van der Waals surface area contributed by atoms with Crippen LogP contribution in [0.4, 0.5) is 0 Å². The third-order valence-electron chi connectivity index (χ3n) is 2.73. The van der Waals surface area contributed by atoms with Crippen LogP contribution in [0.25, 0.3) is 0 Å². The molecule has 0 bridgehead atoms. The van der Waals surface area contributed by atoms with E-state index < -0.39 is 0 Å². The van der Waals surface area contributed by atoms with Gasteiger partial charge in [-0.2, -0.15) is 0 Å². The second-order valence-electron chi connectivity index (χ2n) is 3.79. The summed E-state index contributed by atoms with van der Waals surface area (Å²) in [7, 11) is 0. The van der Waals surface area contributed by atoms with E-state index in [1.165, 1.54) is 19.4 Å². The van der Waals surface area contributed by atoms with E-state index in [9.17, 15) is 0 Å². The highest BCUT2D eigenvalue weighted by Crippen LogP contribution is 2.18. The molecule has 0 spiro atoms. The first kappa shape index (κ1) is 9.87. The summed E-state index contributed by atoms with van der Waals surface area (Å²) in [5.41, 5.74) is 1.00. The summed E-state index contributed by atoms with van der Waals surface area (Å²) in [6.45, 7) is 4.33. The van der Waals surface area contributed by atoms with Crippen LogP contribution in [-0.4, -0.2) is 27.5 Å². The minimum absolute atomic E-state index is 0.461. The standard InChI is InChI=1S/C10H14ClN3/c1-8-3-2-4-14(8)7-9-5-13-10(11)6-12-9/h5-6,8H,2-4,7H2,1H3. The van der Waals surface area contributed by atoms with Crippen LogP contribution >= 0.6 is 11.6 Å². The van der Waals surface area contributed by atoms with Gasteiger partial charge in [0.05, 0.1) is 18.1 Å². The molecule has 0 aromatic carbocycles. The van der Waals surface area contributed by atoms with E-state index in [0.717, 1.165) is 12.2 Å². The van der Waals surface area contributed by atoms with Crippen LogP contribution < -0.4 is 0 Å². The van der Waals surface area contributed by atoms with Gasteiger partial charge in [-0.1, -0.05) is 11.6 Å². The van der Waals surface area contributed by atoms with Gasteiger partial charge in [0, 0.05) is 12.6 Å². The normalized spacial score (nSPS) is 22.9. The smallest absolute Gasteiger partial charge is 0.147 e. The first-order valence-corrected chi connectivity index (χ1v) is 5.34. The molecule has 14 heavy (non-hydrogen) atoms. The zero-order valence-corrected chi connectivity index (χ0v) is 9.04. The Morgan fingerprint density at radius 3 is 2.93 bits per heavy atom. The molecule has 1 fully saturated rings. The Morgan fingerprint density at radius 2 is 2.36 bits per heavy atom. The van der Waals surface area contributed by atoms with Crippen LogP contribution in [0.15, 0.2) is 12.4 Å². The van der Waals surface area contributed by atoms with E-state index in [1.54, 1.807) is 12.4 Å². The van der Waals surface area contributed by atoms with E-state index in [-0.39, 0.29) is 0 Å². The molecule has 1 saturated heterocycles. The minimum Gasteiger partial charge on any atom is -0.295 e. The maximum absolute atomic E-state index is 5.67. The van der Waals surface area contributed by atoms with Gasteiger partial charge in [0.25, 0.3) is 0 Å². The van der Waals surface area contributed by atoms with Gasteiger partial charge in [-0.05, 0) is 26.3 Å². The van der Waals surface area contributed by atoms with Crippen molar-refractivity contribution in [3.63, 3.8) is 0 Å². The molecule has 1 atom stereocenters. The predicted molar refractivity (Wildman–Crippen MR) is 56.1 cm³/mol. The van der Waals surface area contributed by atoms with Crippen LogP contribution in [0.2, 0.25) is 5.15 Å². The van der Waals surface area contributed by atoms with Crippen molar-refractivity contribution in [2.45, 2.75) is 32.4 Å². The molecule has 1 aromatic heterocycles. The predicted octanol–water partition coefficient (Wildman–Crippen LogP) is 2.11. The van der Waals surface area contributed by atoms with E-state index >= 15 is 0 Å².